The monoisotopic (exact) mass is 1810 g/mol. The van der Waals surface area contributed by atoms with Crippen molar-refractivity contribution < 1.29 is 51.0 Å². The molecule has 1 saturated carbocycles. The molecule has 16 rings (SSSR count). The first-order valence-electron chi connectivity index (χ1n) is 50.0. The topological polar surface area (TPSA) is 61.2 Å². The number of nitrogens with zero attached hydrogens (tertiary/aromatic N) is 5. The van der Waals surface area contributed by atoms with E-state index in [-0.39, 0.29) is 42.4 Å². The summed E-state index contributed by atoms with van der Waals surface area (Å²) in [5.41, 5.74) is 25.9. The van der Waals surface area contributed by atoms with Crippen molar-refractivity contribution in [2.24, 2.45) is 0 Å². The molecular formula is C120H169FN5O5Si+5. The van der Waals surface area contributed by atoms with Crippen LogP contribution in [0.15, 0.2) is 200 Å². The first-order valence-corrected chi connectivity index (χ1v) is 53.5. The minimum atomic E-state index is -1.35. The van der Waals surface area contributed by atoms with Crippen LogP contribution in [0.2, 0.25) is 19.6 Å². The van der Waals surface area contributed by atoms with Crippen molar-refractivity contribution in [1.82, 2.24) is 0 Å². The first-order chi connectivity index (χ1) is 62.7. The molecule has 710 valence electrons. The average molecular weight is 1810 g/mol. The first kappa shape index (κ1) is 109. The molecule has 132 heavy (non-hydrogen) atoms. The quantitative estimate of drug-likeness (QED) is 0.0954. The Morgan fingerprint density at radius 1 is 0.379 bits per heavy atom. The number of ether oxygens (including phenoxy) is 5. The van der Waals surface area contributed by atoms with Crippen molar-refractivity contribution in [2.75, 3.05) is 0 Å². The summed E-state index contributed by atoms with van der Waals surface area (Å²) < 4.78 is 56.2. The number of rotatable bonds is 11. The highest BCUT2D eigenvalue weighted by Gasteiger charge is 2.40. The molecule has 5 unspecified atom stereocenters. The van der Waals surface area contributed by atoms with Crippen molar-refractivity contribution in [3.63, 3.8) is 0 Å². The maximum Gasteiger partial charge on any atom is 0.299 e. The van der Waals surface area contributed by atoms with Gasteiger partial charge < -0.3 is 23.7 Å². The zero-order valence-electron chi connectivity index (χ0n) is 87.9. The lowest BCUT2D eigenvalue weighted by Crippen LogP contribution is -2.46. The summed E-state index contributed by atoms with van der Waals surface area (Å²) in [6.07, 6.45) is 21.8. The van der Waals surface area contributed by atoms with Crippen LogP contribution >= 0.6 is 0 Å². The van der Waals surface area contributed by atoms with Gasteiger partial charge in [-0.25, -0.2) is 4.39 Å². The lowest BCUT2D eigenvalue weighted by Gasteiger charge is -2.29. The van der Waals surface area contributed by atoms with Gasteiger partial charge in [-0.2, -0.15) is 22.9 Å². The van der Waals surface area contributed by atoms with Gasteiger partial charge in [-0.05, 0) is 152 Å². The molecule has 0 bridgehead atoms. The van der Waals surface area contributed by atoms with Crippen LogP contribution in [0.3, 0.4) is 0 Å². The fourth-order valence-electron chi connectivity index (χ4n) is 17.4. The molecule has 5 atom stereocenters. The molecule has 10 nitrogen and oxygen atoms in total. The van der Waals surface area contributed by atoms with Crippen molar-refractivity contribution in [3.8, 4) is 39.9 Å². The van der Waals surface area contributed by atoms with Gasteiger partial charge in [0.05, 0.1) is 35.9 Å². The average Bonchev–Trinajstić information content (AvgIpc) is 0.766. The lowest BCUT2D eigenvalue weighted by molar-refractivity contribution is -0.631. The number of para-hydroxylation sites is 5. The number of halogens is 1. The summed E-state index contributed by atoms with van der Waals surface area (Å²) in [5.74, 6) is 6.24. The third-order valence-corrected chi connectivity index (χ3v) is 25.6. The van der Waals surface area contributed by atoms with Crippen LogP contribution in [0, 0.1) is 33.5 Å². The Balaban J connectivity index is 0.000000217. The molecular weight excluding hydrogens is 1640 g/mol. The Hall–Kier alpha value is -10.3. The molecule has 0 saturated heterocycles. The third-order valence-electron chi connectivity index (χ3n) is 23.5. The third kappa shape index (κ3) is 28.9. The van der Waals surface area contributed by atoms with E-state index in [0.29, 0.717) is 29.7 Å². The van der Waals surface area contributed by atoms with E-state index in [1.807, 2.05) is 37.4 Å². The standard InChI is InChI=1S/C26H28NO.C22H28NO.C21H25FNO.C18H28NOSi.C18H20NO.5C3H8/c1-18-23-12-9-13-24(20-10-7-6-8-11-20)25(23)28-19(2)27(18)22-16-14-21(15-17-22)26(3,4)5;1-14(2)19-11-8-12-20(15(3)4)21(19)23-13-18-10-7-9-16(5)22(18)24-17(23)6;1-13(2)18-7-6-8-19(14(3)4)21(18)23-12-16-11-17(22)9-10-20(16)24-15(23)5;1-14-19(15-9-6-5-7-10-15)13-16-17(20-14)11-8-12-18(16)21(2,3)4;1-12-9-13(2)18(14(3)10-12)19-11-16-7-5-6-8-17(16)20-15(19)4;5*1-3-2/h6-17,19H,1-5H3;7-15,17H,1-6H3;6-15H,1-5H3;8,11-15H,5-7,9-10H2,1-4H3;5-11,15H,1-4H3;5*3H2,1-2H3/q5*+1;;;;;. The zero-order chi connectivity index (χ0) is 97.6. The second-order valence-electron chi connectivity index (χ2n) is 39.5. The minimum absolute atomic E-state index is 0.00464. The molecule has 10 aromatic carbocycles. The fourth-order valence-corrected chi connectivity index (χ4v) is 19.0. The van der Waals surface area contributed by atoms with E-state index in [4.69, 9.17) is 23.7 Å². The summed E-state index contributed by atoms with van der Waals surface area (Å²) in [4.78, 5) is 0. The summed E-state index contributed by atoms with van der Waals surface area (Å²) in [5, 5.41) is 1.52. The van der Waals surface area contributed by atoms with E-state index < -0.39 is 8.07 Å². The molecule has 12 heteroatoms. The summed E-state index contributed by atoms with van der Waals surface area (Å²) in [7, 11) is -1.35. The number of fused-ring (bicyclic) bond motifs is 5. The maximum atomic E-state index is 13.6. The SMILES string of the molecule is CC(C)c1cccc(C(C)C)c1[N+]1=Cc2cc(F)ccc2OC1C.CC1=[N+](c2ccc(C(C)(C)C)cc2)C(C)Oc2c1cccc2-c1ccccc1.CC1Oc2cccc([Si](C)(C)C)c2C=[N+]1C1CCCCC1.CCC.CCC.CCC.CCC.CCC.Cc1cc(C)c([N+]2=Cc3ccccc3OC2C)c(C)c1.Cc1cccc2c1OC(C)[N+](c1c(C(C)C)cccc1C(C)C)=C2. The fraction of sp³-hybridized carbons (Fsp3) is 0.458. The normalized spacial score (nSPS) is 16.6. The Morgan fingerprint density at radius 3 is 1.30 bits per heavy atom. The van der Waals surface area contributed by atoms with Gasteiger partial charge in [0.15, 0.2) is 36.6 Å². The van der Waals surface area contributed by atoms with Gasteiger partial charge in [-0.3, -0.25) is 0 Å². The summed E-state index contributed by atoms with van der Waals surface area (Å²) >= 11 is 0. The number of aryl methyl sites for hydroxylation is 4. The molecule has 6 aliphatic rings. The zero-order valence-corrected chi connectivity index (χ0v) is 88.9. The van der Waals surface area contributed by atoms with Crippen molar-refractivity contribution in [3.05, 3.63) is 284 Å². The van der Waals surface area contributed by atoms with E-state index >= 15 is 0 Å². The Kier molecular flexibility index (Phi) is 42.7. The molecule has 0 radical (unpaired) electrons. The van der Waals surface area contributed by atoms with Crippen molar-refractivity contribution in [2.45, 2.75) is 365 Å². The largest absolute Gasteiger partial charge is 0.433 e. The van der Waals surface area contributed by atoms with Crippen LogP contribution in [0.25, 0.3) is 11.1 Å². The molecule has 0 spiro atoms. The number of hydrogen-bond acceptors (Lipinski definition) is 5. The van der Waals surface area contributed by atoms with Crippen molar-refractivity contribution in [1.29, 1.82) is 0 Å². The Labute approximate surface area is 800 Å². The Bertz CT molecular complexity index is 5340. The predicted octanol–water partition coefficient (Wildman–Crippen LogP) is 32.8. The minimum Gasteiger partial charge on any atom is -0.433 e. The molecule has 0 aromatic heterocycles. The van der Waals surface area contributed by atoms with E-state index in [1.165, 1.54) is 165 Å². The molecule has 5 aliphatic heterocycles. The maximum absolute atomic E-state index is 13.6. The van der Waals surface area contributed by atoms with Gasteiger partial charge in [0.25, 0.3) is 31.1 Å². The number of benzene rings is 10. The molecule has 0 amide bonds. The van der Waals surface area contributed by atoms with Gasteiger partial charge >= 0.3 is 0 Å². The van der Waals surface area contributed by atoms with E-state index in [2.05, 4.69) is 427 Å². The highest BCUT2D eigenvalue weighted by Crippen LogP contribution is 2.43. The van der Waals surface area contributed by atoms with E-state index in [0.717, 1.165) is 62.3 Å². The van der Waals surface area contributed by atoms with Gasteiger partial charge in [0.1, 0.15) is 34.6 Å². The van der Waals surface area contributed by atoms with Gasteiger partial charge in [0, 0.05) is 105 Å². The predicted molar refractivity (Wildman–Crippen MR) is 568 cm³/mol. The Morgan fingerprint density at radius 2 is 0.795 bits per heavy atom. The van der Waals surface area contributed by atoms with Crippen LogP contribution in [0.5, 0.6) is 28.7 Å². The molecule has 5 heterocycles. The highest BCUT2D eigenvalue weighted by molar-refractivity contribution is 6.89. The van der Waals surface area contributed by atoms with Crippen LogP contribution in [-0.2, 0) is 5.41 Å². The van der Waals surface area contributed by atoms with Crippen LogP contribution in [0.1, 0.15) is 353 Å². The van der Waals surface area contributed by atoms with Crippen molar-refractivity contribution >= 4 is 66.6 Å². The van der Waals surface area contributed by atoms with Gasteiger partial charge in [-0.1, -0.05) is 337 Å². The highest BCUT2D eigenvalue weighted by atomic mass is 28.3. The smallest absolute Gasteiger partial charge is 0.299 e. The lowest BCUT2D eigenvalue weighted by atomic mass is 9.87. The van der Waals surface area contributed by atoms with Gasteiger partial charge in [0.2, 0.25) is 22.7 Å². The van der Waals surface area contributed by atoms with Crippen LogP contribution in [0.4, 0.5) is 27.1 Å². The molecule has 0 N–H and O–H groups in total. The summed E-state index contributed by atoms with van der Waals surface area (Å²) in [6.45, 7) is 74.4. The van der Waals surface area contributed by atoms with E-state index in [1.54, 1.807) is 6.07 Å². The van der Waals surface area contributed by atoms with Gasteiger partial charge in [-0.15, -0.1) is 0 Å². The number of hydrogen-bond donors (Lipinski definition) is 0. The molecule has 1 aliphatic carbocycles. The van der Waals surface area contributed by atoms with E-state index in [9.17, 15) is 4.39 Å². The second kappa shape index (κ2) is 51.8. The molecule has 1 fully saturated rings. The van der Waals surface area contributed by atoms with Crippen LogP contribution in [-0.4, -0.2) is 98.7 Å². The summed E-state index contributed by atoms with van der Waals surface area (Å²) in [6, 6.07) is 69.8. The molecule has 10 aromatic rings. The second-order valence-corrected chi connectivity index (χ2v) is 44.6. The van der Waals surface area contributed by atoms with Crippen LogP contribution < -0.4 is 28.9 Å².